The van der Waals surface area contributed by atoms with Crippen molar-refractivity contribution in [3.63, 3.8) is 0 Å². The van der Waals surface area contributed by atoms with E-state index < -0.39 is 68.0 Å². The van der Waals surface area contributed by atoms with E-state index in [1.54, 1.807) is 7.11 Å². The van der Waals surface area contributed by atoms with Crippen molar-refractivity contribution in [2.45, 2.75) is 81.2 Å². The van der Waals surface area contributed by atoms with Crippen LogP contribution in [0.4, 0.5) is 0 Å². The number of aliphatic hydroxyl groups excluding tert-OH is 3. The summed E-state index contributed by atoms with van der Waals surface area (Å²) in [5.41, 5.74) is 2.88. The molecule has 0 amide bonds. The molecule has 2 aliphatic heterocycles. The average Bonchev–Trinajstić information content (AvgIpc) is 3.10. The Kier molecular flexibility index (Phi) is 13.1. The molecule has 3 aromatic rings. The Bertz CT molecular complexity index is 1270. The van der Waals surface area contributed by atoms with Crippen LogP contribution in [0.1, 0.15) is 16.7 Å². The van der Waals surface area contributed by atoms with Gasteiger partial charge in [0.25, 0.3) is 0 Å². The number of ether oxygens (including phenoxy) is 8. The third-order valence-corrected chi connectivity index (χ3v) is 8.17. The molecular weight excluding hydrogens is 596 g/mol. The van der Waals surface area contributed by atoms with Gasteiger partial charge in [0.2, 0.25) is 0 Å². The summed E-state index contributed by atoms with van der Waals surface area (Å²) < 4.78 is 48.9. The Hall–Kier alpha value is -2.78. The van der Waals surface area contributed by atoms with E-state index in [0.29, 0.717) is 6.61 Å². The van der Waals surface area contributed by atoms with Crippen LogP contribution in [-0.4, -0.2) is 104 Å². The van der Waals surface area contributed by atoms with Crippen LogP contribution < -0.4 is 0 Å². The van der Waals surface area contributed by atoms with Crippen LogP contribution in [0.2, 0.25) is 0 Å². The molecular formula is C35H44O11. The molecule has 3 aromatic carbocycles. The highest BCUT2D eigenvalue weighted by Crippen LogP contribution is 2.34. The van der Waals surface area contributed by atoms with E-state index in [0.717, 1.165) is 16.7 Å². The molecule has 0 bridgehead atoms. The Labute approximate surface area is 269 Å². The van der Waals surface area contributed by atoms with E-state index in [-0.39, 0.29) is 19.8 Å². The van der Waals surface area contributed by atoms with Gasteiger partial charge in [0.05, 0.1) is 33.0 Å². The zero-order valence-electron chi connectivity index (χ0n) is 26.1. The minimum absolute atomic E-state index is 0.126. The van der Waals surface area contributed by atoms with Crippen LogP contribution in [0.15, 0.2) is 91.0 Å². The fourth-order valence-electron chi connectivity index (χ4n) is 5.74. The summed E-state index contributed by atoms with van der Waals surface area (Å²) in [6.07, 6.45) is -10.3. The molecule has 0 unspecified atom stereocenters. The predicted molar refractivity (Wildman–Crippen MR) is 165 cm³/mol. The third kappa shape index (κ3) is 8.77. The fraction of sp³-hybridized carbons (Fsp3) is 0.486. The van der Waals surface area contributed by atoms with Crippen molar-refractivity contribution in [1.82, 2.24) is 0 Å². The zero-order valence-corrected chi connectivity index (χ0v) is 26.1. The Balaban J connectivity index is 1.42. The maximum Gasteiger partial charge on any atom is 0.187 e. The number of hydrogen-bond acceptors (Lipinski definition) is 11. The van der Waals surface area contributed by atoms with Crippen molar-refractivity contribution in [1.29, 1.82) is 0 Å². The quantitative estimate of drug-likeness (QED) is 0.226. The molecule has 0 spiro atoms. The van der Waals surface area contributed by atoms with E-state index >= 15 is 0 Å². The normalized spacial score (nSPS) is 31.5. The summed E-state index contributed by atoms with van der Waals surface area (Å²) in [5, 5.41) is 31.9. The van der Waals surface area contributed by atoms with Crippen molar-refractivity contribution in [3.8, 4) is 0 Å². The van der Waals surface area contributed by atoms with Crippen molar-refractivity contribution in [3.05, 3.63) is 108 Å². The standard InChI is InChI=1S/C35H44O11/c1-39-32-31(42-20-24-14-8-4-9-15-24)27(22-41-19-23-12-6-3-7-13-23)45-35(33(32)43-21-25-16-10-5-11-17-25)46-30-26(18-36)44-34(40-2)29(38)28(30)37/h3-17,26-38H,18-22H2,1-2H3/t26-,27-,28-,29-,30+,31+,32+,33-,34-,35-/m1/s1. The van der Waals surface area contributed by atoms with E-state index in [1.165, 1.54) is 7.11 Å². The lowest BCUT2D eigenvalue weighted by Crippen LogP contribution is -2.65. The van der Waals surface area contributed by atoms with E-state index in [4.69, 9.17) is 37.9 Å². The van der Waals surface area contributed by atoms with Gasteiger partial charge in [-0.05, 0) is 16.7 Å². The van der Waals surface area contributed by atoms with Gasteiger partial charge in [-0.1, -0.05) is 91.0 Å². The van der Waals surface area contributed by atoms with Gasteiger partial charge in [0.15, 0.2) is 12.6 Å². The topological polar surface area (TPSA) is 135 Å². The molecule has 250 valence electrons. The van der Waals surface area contributed by atoms with E-state index in [2.05, 4.69) is 0 Å². The number of benzene rings is 3. The second kappa shape index (κ2) is 17.4. The second-order valence-electron chi connectivity index (χ2n) is 11.3. The van der Waals surface area contributed by atoms with Gasteiger partial charge in [-0.2, -0.15) is 0 Å². The molecule has 46 heavy (non-hydrogen) atoms. The molecule has 0 saturated carbocycles. The molecule has 0 aromatic heterocycles. The summed E-state index contributed by atoms with van der Waals surface area (Å²) in [6.45, 7) is 0.456. The molecule has 0 radical (unpaired) electrons. The molecule has 5 rings (SSSR count). The van der Waals surface area contributed by atoms with E-state index in [1.807, 2.05) is 91.0 Å². The first kappa shape index (κ1) is 34.6. The van der Waals surface area contributed by atoms with Crippen LogP contribution in [-0.2, 0) is 57.7 Å². The molecule has 2 aliphatic rings. The smallest absolute Gasteiger partial charge is 0.187 e. The second-order valence-corrected chi connectivity index (χ2v) is 11.3. The predicted octanol–water partition coefficient (Wildman–Crippen LogP) is 2.58. The van der Waals surface area contributed by atoms with Crippen LogP contribution >= 0.6 is 0 Å². The van der Waals surface area contributed by atoms with Gasteiger partial charge in [-0.3, -0.25) is 0 Å². The number of methoxy groups -OCH3 is 2. The highest BCUT2D eigenvalue weighted by atomic mass is 16.8. The molecule has 11 nitrogen and oxygen atoms in total. The van der Waals surface area contributed by atoms with Crippen molar-refractivity contribution in [2.24, 2.45) is 0 Å². The number of rotatable bonds is 15. The first-order valence-corrected chi connectivity index (χ1v) is 15.4. The SMILES string of the molecule is CO[C@@H]1O[C@H](CO)[C@H](O[C@H]2O[C@H](COCc3ccccc3)[C@H](OCc3ccccc3)[C@H](OC)[C@H]2OCc2ccccc2)[C@H](O)[C@H]1O. The van der Waals surface area contributed by atoms with Crippen molar-refractivity contribution >= 4 is 0 Å². The zero-order chi connectivity index (χ0) is 32.3. The number of aliphatic hydroxyl groups is 3. The maximum absolute atomic E-state index is 11.1. The fourth-order valence-corrected chi connectivity index (χ4v) is 5.74. The van der Waals surface area contributed by atoms with Crippen LogP contribution in [0.3, 0.4) is 0 Å². The lowest BCUT2D eigenvalue weighted by Gasteiger charge is -2.48. The molecule has 2 saturated heterocycles. The Morgan fingerprint density at radius 2 is 1.09 bits per heavy atom. The van der Waals surface area contributed by atoms with Crippen LogP contribution in [0.5, 0.6) is 0 Å². The summed E-state index contributed by atoms with van der Waals surface area (Å²) in [4.78, 5) is 0. The van der Waals surface area contributed by atoms with Crippen molar-refractivity contribution in [2.75, 3.05) is 27.4 Å². The van der Waals surface area contributed by atoms with Gasteiger partial charge in [-0.15, -0.1) is 0 Å². The first-order chi connectivity index (χ1) is 22.5. The van der Waals surface area contributed by atoms with Crippen molar-refractivity contribution < 1.29 is 53.2 Å². The molecule has 0 aliphatic carbocycles. The monoisotopic (exact) mass is 640 g/mol. The molecule has 3 N–H and O–H groups in total. The summed E-state index contributed by atoms with van der Waals surface area (Å²) in [7, 11) is 2.90. The summed E-state index contributed by atoms with van der Waals surface area (Å²) in [6, 6.07) is 29.2. The lowest BCUT2D eigenvalue weighted by atomic mass is 9.96. The van der Waals surface area contributed by atoms with Gasteiger partial charge in [-0.25, -0.2) is 0 Å². The number of hydrogen-bond donors (Lipinski definition) is 3. The van der Waals surface area contributed by atoms with E-state index in [9.17, 15) is 15.3 Å². The van der Waals surface area contributed by atoms with Gasteiger partial charge >= 0.3 is 0 Å². The average molecular weight is 641 g/mol. The van der Waals surface area contributed by atoms with Crippen LogP contribution in [0.25, 0.3) is 0 Å². The highest BCUT2D eigenvalue weighted by molar-refractivity contribution is 5.15. The van der Waals surface area contributed by atoms with Gasteiger partial charge in [0, 0.05) is 14.2 Å². The minimum Gasteiger partial charge on any atom is -0.394 e. The summed E-state index contributed by atoms with van der Waals surface area (Å²) >= 11 is 0. The Morgan fingerprint density at radius 3 is 1.61 bits per heavy atom. The molecule has 10 atom stereocenters. The minimum atomic E-state index is -1.46. The largest absolute Gasteiger partial charge is 0.394 e. The van der Waals surface area contributed by atoms with Gasteiger partial charge in [0.1, 0.15) is 48.8 Å². The maximum atomic E-state index is 11.1. The molecule has 2 fully saturated rings. The van der Waals surface area contributed by atoms with Gasteiger partial charge < -0.3 is 53.2 Å². The van der Waals surface area contributed by atoms with Crippen LogP contribution in [0, 0.1) is 0 Å². The lowest BCUT2D eigenvalue weighted by molar-refractivity contribution is -0.367. The highest BCUT2D eigenvalue weighted by Gasteiger charge is 2.52. The Morgan fingerprint density at radius 1 is 0.565 bits per heavy atom. The first-order valence-electron chi connectivity index (χ1n) is 15.4. The molecule has 2 heterocycles. The molecule has 11 heteroatoms. The summed E-state index contributed by atoms with van der Waals surface area (Å²) in [5.74, 6) is 0. The third-order valence-electron chi connectivity index (χ3n) is 8.17.